The highest BCUT2D eigenvalue weighted by molar-refractivity contribution is 14.1. The molecule has 0 unspecified atom stereocenters. The van der Waals surface area contributed by atoms with Crippen LogP contribution in [0.1, 0.15) is 0 Å². The average Bonchev–Trinajstić information content (AvgIpc) is 2.34. The van der Waals surface area contributed by atoms with Gasteiger partial charge in [-0.2, -0.15) is 0 Å². The summed E-state index contributed by atoms with van der Waals surface area (Å²) in [7, 11) is 0. The highest BCUT2D eigenvalue weighted by Gasteiger charge is 2.01. The number of aromatic nitrogens is 1. The van der Waals surface area contributed by atoms with E-state index in [1.54, 1.807) is 0 Å². The van der Waals surface area contributed by atoms with Crippen LogP contribution in [-0.4, -0.2) is 5.16 Å². The molecule has 0 radical (unpaired) electrons. The number of hydrogen-bond donors (Lipinski definition) is 0. The van der Waals surface area contributed by atoms with Gasteiger partial charge < -0.3 is 4.52 Å². The Morgan fingerprint density at radius 1 is 1.30 bits per heavy atom. The predicted octanol–water partition coefficient (Wildman–Crippen LogP) is 2.43. The summed E-state index contributed by atoms with van der Waals surface area (Å²) in [6.07, 6.45) is 0. The van der Waals surface area contributed by atoms with E-state index in [2.05, 4.69) is 27.7 Å². The second-order valence-corrected chi connectivity index (χ2v) is 2.95. The minimum Gasteiger partial charge on any atom is -0.349 e. The number of rotatable bonds is 0. The maximum Gasteiger partial charge on any atom is 0.204 e. The largest absolute Gasteiger partial charge is 0.349 e. The predicted molar refractivity (Wildman–Crippen MR) is 46.7 cm³/mol. The molecule has 2 nitrogen and oxygen atoms in total. The quantitative estimate of drug-likeness (QED) is 0.666. The van der Waals surface area contributed by atoms with Crippen LogP contribution in [0.25, 0.3) is 10.9 Å². The summed E-state index contributed by atoms with van der Waals surface area (Å²) in [5.74, 6) is 0. The average molecular weight is 245 g/mol. The van der Waals surface area contributed by atoms with Gasteiger partial charge in [-0.05, 0) is 12.1 Å². The molecule has 10 heavy (non-hydrogen) atoms. The summed E-state index contributed by atoms with van der Waals surface area (Å²) in [4.78, 5) is 0. The highest BCUT2D eigenvalue weighted by atomic mass is 127. The summed E-state index contributed by atoms with van der Waals surface area (Å²) in [5, 5.41) is 4.92. The van der Waals surface area contributed by atoms with E-state index in [0.29, 0.717) is 0 Å². The van der Waals surface area contributed by atoms with Crippen molar-refractivity contribution < 1.29 is 4.52 Å². The zero-order chi connectivity index (χ0) is 6.97. The van der Waals surface area contributed by atoms with E-state index in [4.69, 9.17) is 4.52 Å². The standard InChI is InChI=1S/C7H4INO/c8-7-5-3-1-2-4-6(5)9-10-7/h1-4H. The Balaban J connectivity index is 2.93. The monoisotopic (exact) mass is 245 g/mol. The van der Waals surface area contributed by atoms with Crippen LogP contribution in [0, 0.1) is 3.77 Å². The van der Waals surface area contributed by atoms with Gasteiger partial charge in [0.15, 0.2) is 0 Å². The SMILES string of the molecule is Ic1onc2ccccc12. The van der Waals surface area contributed by atoms with E-state index in [-0.39, 0.29) is 0 Å². The number of nitrogens with zero attached hydrogens (tertiary/aromatic N) is 1. The third-order valence-electron chi connectivity index (χ3n) is 1.34. The number of hydrogen-bond acceptors (Lipinski definition) is 2. The lowest BCUT2D eigenvalue weighted by Gasteiger charge is -1.80. The van der Waals surface area contributed by atoms with Crippen molar-refractivity contribution in [3.05, 3.63) is 28.0 Å². The Morgan fingerprint density at radius 3 is 2.90 bits per heavy atom. The molecule has 0 saturated carbocycles. The van der Waals surface area contributed by atoms with Crippen LogP contribution >= 0.6 is 22.6 Å². The van der Waals surface area contributed by atoms with Crippen molar-refractivity contribution in [2.24, 2.45) is 0 Å². The van der Waals surface area contributed by atoms with Crippen molar-refractivity contribution in [2.45, 2.75) is 0 Å². The van der Waals surface area contributed by atoms with Gasteiger partial charge in [0.25, 0.3) is 0 Å². The molecule has 0 aliphatic heterocycles. The molecule has 1 heterocycles. The van der Waals surface area contributed by atoms with Gasteiger partial charge in [-0.1, -0.05) is 17.3 Å². The Hall–Kier alpha value is -0.580. The van der Waals surface area contributed by atoms with Gasteiger partial charge in [-0.25, -0.2) is 0 Å². The molecular formula is C7H4INO. The van der Waals surface area contributed by atoms with Crippen LogP contribution < -0.4 is 0 Å². The van der Waals surface area contributed by atoms with Crippen LogP contribution in [0.2, 0.25) is 0 Å². The van der Waals surface area contributed by atoms with Crippen molar-refractivity contribution in [3.63, 3.8) is 0 Å². The fourth-order valence-electron chi connectivity index (χ4n) is 0.858. The van der Waals surface area contributed by atoms with E-state index in [0.717, 1.165) is 14.7 Å². The first-order chi connectivity index (χ1) is 4.88. The van der Waals surface area contributed by atoms with Gasteiger partial charge in [0.05, 0.1) is 5.39 Å². The van der Waals surface area contributed by atoms with E-state index in [1.165, 1.54) is 0 Å². The fourth-order valence-corrected chi connectivity index (χ4v) is 1.41. The molecule has 0 atom stereocenters. The van der Waals surface area contributed by atoms with Crippen molar-refractivity contribution in [2.75, 3.05) is 0 Å². The third kappa shape index (κ3) is 0.811. The lowest BCUT2D eigenvalue weighted by Crippen LogP contribution is -1.64. The summed E-state index contributed by atoms with van der Waals surface area (Å²) in [5.41, 5.74) is 0.923. The molecule has 2 rings (SSSR count). The summed E-state index contributed by atoms with van der Waals surface area (Å²) in [6, 6.07) is 7.84. The van der Waals surface area contributed by atoms with Crippen LogP contribution in [0.15, 0.2) is 28.8 Å². The van der Waals surface area contributed by atoms with Gasteiger partial charge in [-0.15, -0.1) is 0 Å². The molecule has 0 fully saturated rings. The zero-order valence-corrected chi connectivity index (χ0v) is 7.20. The van der Waals surface area contributed by atoms with E-state index in [1.807, 2.05) is 24.3 Å². The van der Waals surface area contributed by atoms with E-state index in [9.17, 15) is 0 Å². The first kappa shape index (κ1) is 6.15. The number of fused-ring (bicyclic) bond motifs is 1. The van der Waals surface area contributed by atoms with Crippen molar-refractivity contribution in [1.29, 1.82) is 0 Å². The first-order valence-corrected chi connectivity index (χ1v) is 3.96. The first-order valence-electron chi connectivity index (χ1n) is 2.88. The van der Waals surface area contributed by atoms with Gasteiger partial charge >= 0.3 is 0 Å². The topological polar surface area (TPSA) is 26.0 Å². The molecule has 2 aromatic rings. The molecule has 0 saturated heterocycles. The van der Waals surface area contributed by atoms with Crippen molar-refractivity contribution in [3.8, 4) is 0 Å². The molecule has 50 valence electrons. The minimum atomic E-state index is 0.855. The van der Waals surface area contributed by atoms with Gasteiger partial charge in [0.2, 0.25) is 3.77 Å². The van der Waals surface area contributed by atoms with E-state index < -0.39 is 0 Å². The molecule has 0 amide bonds. The molecule has 0 bridgehead atoms. The minimum absolute atomic E-state index is 0.855. The maximum atomic E-state index is 4.95. The molecule has 0 spiro atoms. The van der Waals surface area contributed by atoms with Gasteiger partial charge in [0, 0.05) is 22.6 Å². The molecule has 1 aromatic carbocycles. The Morgan fingerprint density at radius 2 is 2.10 bits per heavy atom. The second-order valence-electron chi connectivity index (χ2n) is 1.97. The van der Waals surface area contributed by atoms with Crippen LogP contribution in [-0.2, 0) is 0 Å². The number of benzene rings is 1. The Kier molecular flexibility index (Phi) is 1.37. The summed E-state index contributed by atoms with van der Waals surface area (Å²) in [6.45, 7) is 0. The molecule has 1 aromatic heterocycles. The Labute approximate surface area is 71.3 Å². The Bertz CT molecular complexity index is 355. The second kappa shape index (κ2) is 2.23. The maximum absolute atomic E-state index is 4.95. The smallest absolute Gasteiger partial charge is 0.204 e. The molecule has 0 aliphatic rings. The van der Waals surface area contributed by atoms with Crippen molar-refractivity contribution >= 4 is 33.5 Å². The van der Waals surface area contributed by atoms with Crippen LogP contribution in [0.4, 0.5) is 0 Å². The van der Waals surface area contributed by atoms with Crippen molar-refractivity contribution in [1.82, 2.24) is 5.16 Å². The van der Waals surface area contributed by atoms with E-state index >= 15 is 0 Å². The summed E-state index contributed by atoms with van der Waals surface area (Å²) >= 11 is 2.12. The molecule has 0 N–H and O–H groups in total. The number of halogens is 1. The normalized spacial score (nSPS) is 10.5. The van der Waals surface area contributed by atoms with Crippen LogP contribution in [0.5, 0.6) is 0 Å². The fraction of sp³-hybridized carbons (Fsp3) is 0. The van der Waals surface area contributed by atoms with Crippen LogP contribution in [0.3, 0.4) is 0 Å². The summed E-state index contributed by atoms with van der Waals surface area (Å²) < 4.78 is 5.81. The third-order valence-corrected chi connectivity index (χ3v) is 2.12. The molecular weight excluding hydrogens is 241 g/mol. The lowest BCUT2D eigenvalue weighted by atomic mass is 10.3. The molecule has 0 aliphatic carbocycles. The zero-order valence-electron chi connectivity index (χ0n) is 5.04. The molecule has 3 heteroatoms. The van der Waals surface area contributed by atoms with Gasteiger partial charge in [0.1, 0.15) is 5.52 Å². The highest BCUT2D eigenvalue weighted by Crippen LogP contribution is 2.18. The lowest BCUT2D eigenvalue weighted by molar-refractivity contribution is 0.406. The van der Waals surface area contributed by atoms with Gasteiger partial charge in [-0.3, -0.25) is 0 Å².